The zero-order chi connectivity index (χ0) is 13.1. The lowest BCUT2D eigenvalue weighted by molar-refractivity contribution is 0.355. The van der Waals surface area contributed by atoms with E-state index in [0.717, 1.165) is 0 Å². The van der Waals surface area contributed by atoms with E-state index in [2.05, 4.69) is 15.3 Å². The van der Waals surface area contributed by atoms with Crippen molar-refractivity contribution in [2.45, 2.75) is 6.92 Å². The van der Waals surface area contributed by atoms with Crippen LogP contribution in [-0.2, 0) is 0 Å². The van der Waals surface area contributed by atoms with Gasteiger partial charge in [-0.25, -0.2) is 4.98 Å². The topological polar surface area (TPSA) is 76.2 Å². The first-order valence-corrected chi connectivity index (χ1v) is 5.59. The van der Waals surface area contributed by atoms with Gasteiger partial charge in [0.1, 0.15) is 0 Å². The van der Waals surface area contributed by atoms with Crippen molar-refractivity contribution in [3.8, 4) is 11.5 Å². The number of rotatable bonds is 4. The summed E-state index contributed by atoms with van der Waals surface area (Å²) >= 11 is 0. The lowest BCUT2D eigenvalue weighted by Gasteiger charge is -2.09. The molecule has 6 nitrogen and oxygen atoms in total. The molecule has 0 fully saturated rings. The molecule has 2 aromatic rings. The summed E-state index contributed by atoms with van der Waals surface area (Å²) in [7, 11) is 3.07. The molecule has 18 heavy (non-hydrogen) atoms. The van der Waals surface area contributed by atoms with Crippen LogP contribution in [0.2, 0.25) is 0 Å². The minimum Gasteiger partial charge on any atom is -0.493 e. The van der Waals surface area contributed by atoms with Gasteiger partial charge in [-0.1, -0.05) is 0 Å². The predicted octanol–water partition coefficient (Wildman–Crippen LogP) is 1.37. The second-order valence-electron chi connectivity index (χ2n) is 3.67. The fourth-order valence-electron chi connectivity index (χ4n) is 1.72. The van der Waals surface area contributed by atoms with Crippen LogP contribution in [0, 0.1) is 0 Å². The summed E-state index contributed by atoms with van der Waals surface area (Å²) in [5, 5.41) is 3.43. The Bertz CT molecular complexity index is 622. The first kappa shape index (κ1) is 12.2. The van der Waals surface area contributed by atoms with Crippen LogP contribution in [0.3, 0.4) is 0 Å². The van der Waals surface area contributed by atoms with Crippen LogP contribution < -0.4 is 20.3 Å². The molecule has 0 saturated heterocycles. The number of aromatic amines is 1. The van der Waals surface area contributed by atoms with E-state index in [1.807, 2.05) is 6.92 Å². The first-order chi connectivity index (χ1) is 8.69. The Hall–Kier alpha value is -2.24. The Labute approximate surface area is 104 Å². The number of methoxy groups -OCH3 is 2. The van der Waals surface area contributed by atoms with Crippen molar-refractivity contribution in [3.05, 3.63) is 22.5 Å². The molecule has 2 rings (SSSR count). The van der Waals surface area contributed by atoms with Gasteiger partial charge >= 0.3 is 0 Å². The highest BCUT2D eigenvalue weighted by Crippen LogP contribution is 2.30. The number of fused-ring (bicyclic) bond motifs is 1. The highest BCUT2D eigenvalue weighted by Gasteiger charge is 2.10. The van der Waals surface area contributed by atoms with E-state index in [0.29, 0.717) is 34.9 Å². The largest absolute Gasteiger partial charge is 0.493 e. The van der Waals surface area contributed by atoms with Gasteiger partial charge in [-0.15, -0.1) is 0 Å². The van der Waals surface area contributed by atoms with E-state index in [1.165, 1.54) is 7.11 Å². The second-order valence-corrected chi connectivity index (χ2v) is 3.67. The third kappa shape index (κ3) is 2.09. The monoisotopic (exact) mass is 249 g/mol. The molecule has 0 amide bonds. The van der Waals surface area contributed by atoms with Gasteiger partial charge in [0.05, 0.1) is 25.1 Å². The zero-order valence-corrected chi connectivity index (χ0v) is 10.5. The normalized spacial score (nSPS) is 10.4. The number of aromatic nitrogens is 2. The van der Waals surface area contributed by atoms with Gasteiger partial charge in [0.2, 0.25) is 5.95 Å². The Morgan fingerprint density at radius 2 is 1.94 bits per heavy atom. The number of nitrogens with zero attached hydrogens (tertiary/aromatic N) is 1. The molecule has 6 heteroatoms. The predicted molar refractivity (Wildman–Crippen MR) is 69.6 cm³/mol. The maximum Gasteiger partial charge on any atom is 0.260 e. The SMILES string of the molecule is CCNc1nc2cc(OC)c(OC)cc2c(=O)[nH]1. The van der Waals surface area contributed by atoms with Crippen molar-refractivity contribution in [2.24, 2.45) is 0 Å². The van der Waals surface area contributed by atoms with Crippen molar-refractivity contribution in [2.75, 3.05) is 26.1 Å². The molecular formula is C12H15N3O3. The molecule has 0 spiro atoms. The molecule has 0 aliphatic rings. The summed E-state index contributed by atoms with van der Waals surface area (Å²) in [6.45, 7) is 2.61. The quantitative estimate of drug-likeness (QED) is 0.856. The highest BCUT2D eigenvalue weighted by atomic mass is 16.5. The van der Waals surface area contributed by atoms with Crippen LogP contribution in [0.5, 0.6) is 11.5 Å². The molecular weight excluding hydrogens is 234 g/mol. The number of ether oxygens (including phenoxy) is 2. The van der Waals surface area contributed by atoms with Gasteiger partial charge in [0.15, 0.2) is 11.5 Å². The summed E-state index contributed by atoms with van der Waals surface area (Å²) < 4.78 is 10.3. The molecule has 1 heterocycles. The van der Waals surface area contributed by atoms with Crippen molar-refractivity contribution in [3.63, 3.8) is 0 Å². The molecule has 1 aromatic heterocycles. The van der Waals surface area contributed by atoms with E-state index < -0.39 is 0 Å². The van der Waals surface area contributed by atoms with Crippen LogP contribution in [0.1, 0.15) is 6.92 Å². The van der Waals surface area contributed by atoms with Crippen molar-refractivity contribution in [1.82, 2.24) is 9.97 Å². The lowest BCUT2D eigenvalue weighted by Crippen LogP contribution is -2.13. The van der Waals surface area contributed by atoms with Gasteiger partial charge in [-0.2, -0.15) is 0 Å². The van der Waals surface area contributed by atoms with Gasteiger partial charge in [0.25, 0.3) is 5.56 Å². The van der Waals surface area contributed by atoms with Gasteiger partial charge < -0.3 is 14.8 Å². The summed E-state index contributed by atoms with van der Waals surface area (Å²) in [4.78, 5) is 18.9. The fraction of sp³-hybridized carbons (Fsp3) is 0.333. The first-order valence-electron chi connectivity index (χ1n) is 5.59. The van der Waals surface area contributed by atoms with Crippen LogP contribution in [0.15, 0.2) is 16.9 Å². The van der Waals surface area contributed by atoms with Crippen molar-refractivity contribution >= 4 is 16.9 Å². The summed E-state index contributed by atoms with van der Waals surface area (Å²) in [6.07, 6.45) is 0. The molecule has 0 aliphatic heterocycles. The Morgan fingerprint density at radius 3 is 2.56 bits per heavy atom. The molecule has 0 saturated carbocycles. The van der Waals surface area contributed by atoms with E-state index in [4.69, 9.17) is 9.47 Å². The van der Waals surface area contributed by atoms with Crippen LogP contribution >= 0.6 is 0 Å². The summed E-state index contributed by atoms with van der Waals surface area (Å²) in [5.41, 5.74) is 0.351. The second kappa shape index (κ2) is 4.95. The number of hydrogen-bond acceptors (Lipinski definition) is 5. The standard InChI is InChI=1S/C12H15N3O3/c1-4-13-12-14-8-6-10(18-3)9(17-2)5-7(8)11(16)15-12/h5-6H,4H2,1-3H3,(H2,13,14,15,16). The molecule has 0 aliphatic carbocycles. The van der Waals surface area contributed by atoms with Crippen molar-refractivity contribution < 1.29 is 9.47 Å². The van der Waals surface area contributed by atoms with Crippen LogP contribution in [-0.4, -0.2) is 30.7 Å². The number of benzene rings is 1. The summed E-state index contributed by atoms with van der Waals surface area (Å²) in [6, 6.07) is 3.31. The maximum atomic E-state index is 11.9. The molecule has 2 N–H and O–H groups in total. The summed E-state index contributed by atoms with van der Waals surface area (Å²) in [5.74, 6) is 1.50. The van der Waals surface area contributed by atoms with Gasteiger partial charge in [-0.3, -0.25) is 9.78 Å². The molecule has 96 valence electrons. The third-order valence-corrected chi connectivity index (χ3v) is 2.55. The van der Waals surface area contributed by atoms with Crippen LogP contribution in [0.4, 0.5) is 5.95 Å². The smallest absolute Gasteiger partial charge is 0.260 e. The van der Waals surface area contributed by atoms with Crippen LogP contribution in [0.25, 0.3) is 10.9 Å². The van der Waals surface area contributed by atoms with Gasteiger partial charge in [-0.05, 0) is 13.0 Å². The molecule has 0 radical (unpaired) electrons. The minimum atomic E-state index is -0.211. The Balaban J connectivity index is 2.68. The van der Waals surface area contributed by atoms with E-state index in [-0.39, 0.29) is 5.56 Å². The minimum absolute atomic E-state index is 0.211. The molecule has 0 atom stereocenters. The number of anilines is 1. The lowest BCUT2D eigenvalue weighted by atomic mass is 10.2. The molecule has 0 unspecified atom stereocenters. The fourth-order valence-corrected chi connectivity index (χ4v) is 1.72. The number of nitrogens with one attached hydrogen (secondary N) is 2. The van der Waals surface area contributed by atoms with Gasteiger partial charge in [0, 0.05) is 12.6 Å². The van der Waals surface area contributed by atoms with Crippen molar-refractivity contribution in [1.29, 1.82) is 0 Å². The maximum absolute atomic E-state index is 11.9. The van der Waals surface area contributed by atoms with E-state index >= 15 is 0 Å². The highest BCUT2D eigenvalue weighted by molar-refractivity contribution is 5.82. The van der Waals surface area contributed by atoms with E-state index in [1.54, 1.807) is 19.2 Å². The molecule has 1 aromatic carbocycles. The number of H-pyrrole nitrogens is 1. The Kier molecular flexibility index (Phi) is 3.36. The number of hydrogen-bond donors (Lipinski definition) is 2. The average molecular weight is 249 g/mol. The third-order valence-electron chi connectivity index (χ3n) is 2.55. The molecule has 0 bridgehead atoms. The Morgan fingerprint density at radius 1 is 1.28 bits per heavy atom. The zero-order valence-electron chi connectivity index (χ0n) is 10.5. The van der Waals surface area contributed by atoms with E-state index in [9.17, 15) is 4.79 Å². The average Bonchev–Trinajstić information content (AvgIpc) is 2.37.